The van der Waals surface area contributed by atoms with Gasteiger partial charge in [-0.1, -0.05) is 33.9 Å². The van der Waals surface area contributed by atoms with Crippen LogP contribution in [0.25, 0.3) is 0 Å². The number of fused-ring (bicyclic) bond motifs is 2. The van der Waals surface area contributed by atoms with Crippen molar-refractivity contribution in [3.8, 4) is 0 Å². The molecule has 24 heavy (non-hydrogen) atoms. The van der Waals surface area contributed by atoms with Gasteiger partial charge >= 0.3 is 0 Å². The van der Waals surface area contributed by atoms with Crippen molar-refractivity contribution in [1.82, 2.24) is 0 Å². The van der Waals surface area contributed by atoms with Gasteiger partial charge in [0.25, 0.3) is 10.1 Å². The number of rotatable bonds is 5. The minimum absolute atomic E-state index is 0.231. The van der Waals surface area contributed by atoms with Crippen molar-refractivity contribution >= 4 is 15.9 Å². The van der Waals surface area contributed by atoms with E-state index in [0.29, 0.717) is 6.42 Å². The third-order valence-electron chi connectivity index (χ3n) is 5.57. The van der Waals surface area contributed by atoms with Gasteiger partial charge in [-0.25, -0.2) is 0 Å². The maximum atomic E-state index is 12.0. The second kappa shape index (κ2) is 7.05. The fourth-order valence-electron chi connectivity index (χ4n) is 3.64. The molecule has 0 aliphatic heterocycles. The first-order chi connectivity index (χ1) is 10.8. The lowest BCUT2D eigenvalue weighted by Gasteiger charge is -2.32. The quantitative estimate of drug-likeness (QED) is 0.381. The summed E-state index contributed by atoms with van der Waals surface area (Å²) < 4.78 is 36.4. The molecule has 0 aromatic heterocycles. The van der Waals surface area contributed by atoms with Crippen LogP contribution in [-0.2, 0) is 19.6 Å². The van der Waals surface area contributed by atoms with Gasteiger partial charge in [0.1, 0.15) is 17.7 Å². The minimum Gasteiger partial charge on any atom is -0.338 e. The third-order valence-corrected chi connectivity index (χ3v) is 6.76. The molecule has 0 aromatic rings. The van der Waals surface area contributed by atoms with Crippen LogP contribution in [0.3, 0.4) is 0 Å². The van der Waals surface area contributed by atoms with Crippen LogP contribution >= 0.6 is 0 Å². The maximum absolute atomic E-state index is 12.0. The van der Waals surface area contributed by atoms with Crippen LogP contribution in [-0.4, -0.2) is 36.5 Å². The van der Waals surface area contributed by atoms with Crippen LogP contribution in [0.4, 0.5) is 0 Å². The molecule has 8 heteroatoms. The lowest BCUT2D eigenvalue weighted by molar-refractivity contribution is -0.128. The number of Topliss-reactive ketones (excluding diaryl/α,β-unsaturated/α-hetero) is 1. The predicted molar refractivity (Wildman–Crippen MR) is 92.4 cm³/mol. The summed E-state index contributed by atoms with van der Waals surface area (Å²) in [6.07, 6.45) is 3.36. The summed E-state index contributed by atoms with van der Waals surface area (Å²) in [5, 5.41) is -1.19. The van der Waals surface area contributed by atoms with E-state index in [2.05, 4.69) is 13.2 Å². The number of ketones is 1. The van der Waals surface area contributed by atoms with Gasteiger partial charge < -0.3 is 16.2 Å². The molecular formula is C16H28N2O5S. The molecule has 5 unspecified atom stereocenters. The molecule has 5 N–H and O–H groups in total. The molecule has 0 radical (unpaired) electrons. The van der Waals surface area contributed by atoms with Crippen molar-refractivity contribution in [1.29, 1.82) is 0 Å². The largest absolute Gasteiger partial charge is 0.338 e. The Morgan fingerprint density at radius 3 is 1.96 bits per heavy atom. The Balaban J connectivity index is 0.000000277. The van der Waals surface area contributed by atoms with Crippen LogP contribution in [0.5, 0.6) is 0 Å². The number of nitrogens with two attached hydrogens (primary N) is 2. The highest BCUT2D eigenvalue weighted by Gasteiger charge is 2.69. The van der Waals surface area contributed by atoms with E-state index in [1.165, 1.54) is 12.2 Å². The van der Waals surface area contributed by atoms with Crippen molar-refractivity contribution in [3.63, 3.8) is 0 Å². The second-order valence-electron chi connectivity index (χ2n) is 7.04. The molecule has 0 aromatic carbocycles. The van der Waals surface area contributed by atoms with Crippen molar-refractivity contribution < 1.29 is 22.5 Å². The predicted octanol–water partition coefficient (Wildman–Crippen LogP) is 1.21. The lowest BCUT2D eigenvalue weighted by atomic mass is 9.70. The average molecular weight is 360 g/mol. The Kier molecular flexibility index (Phi) is 6.16. The normalized spacial score (nSPS) is 33.3. The van der Waals surface area contributed by atoms with Gasteiger partial charge in [-0.2, -0.15) is 8.42 Å². The standard InChI is InChI=1S/C10H16O4S.C6H12N2O/c1-9(2)6-4-5-10(9,3)8(11)7(6)15(12,13)14;1-3-5(7)9-6(8)4-2/h6-7H,4-5H2,1-3H3,(H,12,13,14);3-6H,1-2,7-8H2. The fraction of sp³-hybridized carbons (Fsp3) is 0.688. The van der Waals surface area contributed by atoms with Gasteiger partial charge in [0, 0.05) is 5.41 Å². The molecule has 5 atom stereocenters. The average Bonchev–Trinajstić information content (AvgIpc) is 2.78. The van der Waals surface area contributed by atoms with E-state index in [1.54, 1.807) is 0 Å². The van der Waals surface area contributed by atoms with Crippen molar-refractivity contribution in [3.05, 3.63) is 25.3 Å². The molecule has 0 heterocycles. The fourth-order valence-corrected chi connectivity index (χ4v) is 5.06. The molecule has 138 valence electrons. The highest BCUT2D eigenvalue weighted by Crippen LogP contribution is 2.64. The van der Waals surface area contributed by atoms with Crippen LogP contribution in [0, 0.1) is 16.7 Å². The van der Waals surface area contributed by atoms with E-state index in [0.717, 1.165) is 6.42 Å². The molecular weight excluding hydrogens is 332 g/mol. The monoisotopic (exact) mass is 360 g/mol. The lowest BCUT2D eigenvalue weighted by Crippen LogP contribution is -2.38. The molecule has 0 amide bonds. The smallest absolute Gasteiger partial charge is 0.275 e. The minimum atomic E-state index is -4.24. The van der Waals surface area contributed by atoms with E-state index in [4.69, 9.17) is 20.8 Å². The van der Waals surface area contributed by atoms with Gasteiger partial charge in [-0.15, -0.1) is 0 Å². The van der Waals surface area contributed by atoms with Crippen LogP contribution in [0.15, 0.2) is 25.3 Å². The van der Waals surface area contributed by atoms with E-state index in [9.17, 15) is 13.2 Å². The summed E-state index contributed by atoms with van der Waals surface area (Å²) in [5.74, 6) is -0.531. The van der Waals surface area contributed by atoms with E-state index < -0.39 is 33.2 Å². The summed E-state index contributed by atoms with van der Waals surface area (Å²) in [7, 11) is -4.24. The number of carbonyl (C=O) groups is 1. The molecule has 2 bridgehead atoms. The molecule has 2 aliphatic rings. The van der Waals surface area contributed by atoms with E-state index in [1.807, 2.05) is 20.8 Å². The zero-order chi connectivity index (χ0) is 18.9. The highest BCUT2D eigenvalue weighted by molar-refractivity contribution is 7.87. The summed E-state index contributed by atoms with van der Waals surface area (Å²) in [5.41, 5.74) is 9.65. The van der Waals surface area contributed by atoms with Crippen LogP contribution in [0.1, 0.15) is 33.6 Å². The highest BCUT2D eigenvalue weighted by atomic mass is 32.2. The van der Waals surface area contributed by atoms with Gasteiger partial charge in [0.05, 0.1) is 0 Å². The Morgan fingerprint density at radius 1 is 1.25 bits per heavy atom. The summed E-state index contributed by atoms with van der Waals surface area (Å²) in [6, 6.07) is 0. The van der Waals surface area contributed by atoms with Crippen molar-refractivity contribution in [2.24, 2.45) is 28.2 Å². The molecule has 7 nitrogen and oxygen atoms in total. The van der Waals surface area contributed by atoms with Gasteiger partial charge in [0.15, 0.2) is 5.78 Å². The number of carbonyl (C=O) groups excluding carboxylic acids is 1. The van der Waals surface area contributed by atoms with Crippen molar-refractivity contribution in [2.45, 2.75) is 51.3 Å². The number of hydrogen-bond donors (Lipinski definition) is 3. The molecule has 0 saturated heterocycles. The maximum Gasteiger partial charge on any atom is 0.275 e. The van der Waals surface area contributed by atoms with Crippen LogP contribution < -0.4 is 11.5 Å². The first-order valence-corrected chi connectivity index (χ1v) is 9.25. The molecule has 0 spiro atoms. The van der Waals surface area contributed by atoms with E-state index >= 15 is 0 Å². The van der Waals surface area contributed by atoms with Gasteiger partial charge in [-0.3, -0.25) is 9.35 Å². The Labute approximate surface area is 143 Å². The molecule has 2 saturated carbocycles. The Bertz CT molecular complexity index is 604. The SMILES string of the molecule is C=CC(N)OC(N)C=C.CC12CCC(C(S(=O)(=O)O)C1=O)C2(C)C. The summed E-state index contributed by atoms with van der Waals surface area (Å²) >= 11 is 0. The Hall–Kier alpha value is -1.06. The summed E-state index contributed by atoms with van der Waals surface area (Å²) in [6.45, 7) is 12.5. The van der Waals surface area contributed by atoms with Crippen LogP contribution in [0.2, 0.25) is 0 Å². The first-order valence-electron chi connectivity index (χ1n) is 7.75. The molecule has 2 aliphatic carbocycles. The topological polar surface area (TPSA) is 133 Å². The van der Waals surface area contributed by atoms with E-state index in [-0.39, 0.29) is 17.1 Å². The number of hydrogen-bond acceptors (Lipinski definition) is 6. The first kappa shape index (κ1) is 21.0. The molecule has 2 rings (SSSR count). The Morgan fingerprint density at radius 2 is 1.71 bits per heavy atom. The van der Waals surface area contributed by atoms with Gasteiger partial charge in [0.2, 0.25) is 0 Å². The number of ether oxygens (including phenoxy) is 1. The van der Waals surface area contributed by atoms with Crippen molar-refractivity contribution in [2.75, 3.05) is 0 Å². The second-order valence-corrected chi connectivity index (χ2v) is 8.57. The third kappa shape index (κ3) is 3.62. The van der Waals surface area contributed by atoms with Gasteiger partial charge in [-0.05, 0) is 36.3 Å². The molecule has 2 fully saturated rings. The summed E-state index contributed by atoms with van der Waals surface area (Å²) in [4.78, 5) is 12.0. The zero-order valence-corrected chi connectivity index (χ0v) is 15.3. The zero-order valence-electron chi connectivity index (χ0n) is 14.4.